The lowest BCUT2D eigenvalue weighted by Gasteiger charge is -2.37. The summed E-state index contributed by atoms with van der Waals surface area (Å²) in [6, 6.07) is 3.66. The molecule has 1 aromatic carbocycles. The number of nitrogens with one attached hydrogen (secondary N) is 1. The molecule has 0 unspecified atom stereocenters. The van der Waals surface area contributed by atoms with E-state index in [9.17, 15) is 14.4 Å². The number of pyridine rings is 1. The van der Waals surface area contributed by atoms with Crippen LogP contribution in [0.1, 0.15) is 63.9 Å². The second kappa shape index (κ2) is 14.8. The summed E-state index contributed by atoms with van der Waals surface area (Å²) in [7, 11) is 2.94. The van der Waals surface area contributed by atoms with Crippen molar-refractivity contribution in [2.24, 2.45) is 5.92 Å². The highest BCUT2D eigenvalue weighted by molar-refractivity contribution is 5.92. The lowest BCUT2D eigenvalue weighted by molar-refractivity contribution is -0.152. The average molecular weight is 651 g/mol. The Labute approximate surface area is 275 Å². The van der Waals surface area contributed by atoms with E-state index < -0.39 is 24.2 Å². The summed E-state index contributed by atoms with van der Waals surface area (Å²) < 4.78 is 29.5. The number of aromatic nitrogens is 1. The van der Waals surface area contributed by atoms with Crippen LogP contribution in [0.25, 0.3) is 17.0 Å². The van der Waals surface area contributed by atoms with Gasteiger partial charge in [-0.3, -0.25) is 4.79 Å². The molecule has 6 rings (SSSR count). The zero-order valence-corrected chi connectivity index (χ0v) is 27.6. The number of nitrogens with zero attached hydrogens (tertiary/aromatic N) is 3. The first-order valence-electron chi connectivity index (χ1n) is 16.9. The van der Waals surface area contributed by atoms with Crippen LogP contribution < -0.4 is 19.5 Å². The van der Waals surface area contributed by atoms with E-state index in [0.717, 1.165) is 55.9 Å². The van der Waals surface area contributed by atoms with E-state index in [1.807, 2.05) is 31.2 Å². The standard InChI is InChI=1S/C35H46N4O8/c1-4-45-31-19-30-26-16-23(29(43-2)18-27(26)36-31)12-9-15-46-24-13-8-14-38(20-24)35(42)37-32(22-10-6-5-7-11-22)33(40)39-21-25(47-30)17-28(39)34(41)44-3/h9,12,16,18-19,22,24-25,28,32H,4-8,10-11,13-15,17,20-21H2,1-3H3,(H,37,42)/b12-9+/t24-,25+,28-,32-/m0/s1. The van der Waals surface area contributed by atoms with Crippen molar-refractivity contribution in [3.8, 4) is 17.4 Å². The molecule has 4 heterocycles. The maximum atomic E-state index is 14.5. The first-order valence-corrected chi connectivity index (χ1v) is 16.9. The molecule has 47 heavy (non-hydrogen) atoms. The van der Waals surface area contributed by atoms with Crippen molar-refractivity contribution < 1.29 is 38.1 Å². The Balaban J connectivity index is 1.41. The molecule has 12 nitrogen and oxygen atoms in total. The van der Waals surface area contributed by atoms with Crippen LogP contribution >= 0.6 is 0 Å². The Hall–Kier alpha value is -4.06. The van der Waals surface area contributed by atoms with Crippen molar-refractivity contribution in [3.05, 3.63) is 29.8 Å². The smallest absolute Gasteiger partial charge is 0.328 e. The van der Waals surface area contributed by atoms with Crippen LogP contribution in [-0.2, 0) is 19.1 Å². The van der Waals surface area contributed by atoms with Gasteiger partial charge in [-0.15, -0.1) is 0 Å². The lowest BCUT2D eigenvalue weighted by Crippen LogP contribution is -2.58. The Morgan fingerprint density at radius 2 is 1.87 bits per heavy atom. The molecule has 3 amide bonds. The number of hydrogen-bond donors (Lipinski definition) is 1. The monoisotopic (exact) mass is 650 g/mol. The van der Waals surface area contributed by atoms with Crippen LogP contribution in [0.15, 0.2) is 24.3 Å². The Kier molecular flexibility index (Phi) is 10.3. The van der Waals surface area contributed by atoms with Gasteiger partial charge in [0.15, 0.2) is 0 Å². The fraction of sp³-hybridized carbons (Fsp3) is 0.600. The molecular weight excluding hydrogens is 604 g/mol. The molecule has 3 aliphatic heterocycles. The quantitative estimate of drug-likeness (QED) is 0.471. The summed E-state index contributed by atoms with van der Waals surface area (Å²) in [5.41, 5.74) is 1.44. The van der Waals surface area contributed by atoms with E-state index in [-0.39, 0.29) is 36.9 Å². The first-order chi connectivity index (χ1) is 22.9. The third-order valence-electron chi connectivity index (χ3n) is 9.76. The van der Waals surface area contributed by atoms with Gasteiger partial charge in [-0.05, 0) is 44.6 Å². The third kappa shape index (κ3) is 7.27. The Morgan fingerprint density at radius 1 is 1.04 bits per heavy atom. The van der Waals surface area contributed by atoms with Crippen molar-refractivity contribution in [2.45, 2.75) is 82.6 Å². The van der Waals surface area contributed by atoms with Crippen LogP contribution in [0.3, 0.4) is 0 Å². The van der Waals surface area contributed by atoms with E-state index in [2.05, 4.69) is 5.32 Å². The van der Waals surface area contributed by atoms with Crippen LogP contribution in [0.5, 0.6) is 17.4 Å². The molecule has 2 aromatic rings. The number of urea groups is 1. The van der Waals surface area contributed by atoms with Gasteiger partial charge in [0, 0.05) is 42.6 Å². The summed E-state index contributed by atoms with van der Waals surface area (Å²) in [5, 5.41) is 3.85. The highest BCUT2D eigenvalue weighted by atomic mass is 16.5. The normalized spacial score (nSPS) is 26.5. The van der Waals surface area contributed by atoms with Gasteiger partial charge in [0.05, 0.1) is 45.6 Å². The number of hydrogen-bond acceptors (Lipinski definition) is 9. The van der Waals surface area contributed by atoms with E-state index in [4.69, 9.17) is 28.7 Å². The SMILES string of the molecule is CCOc1cc2c3cc(c(OC)cc3n1)/C=C/CO[C@H]1CCCN(C1)C(=O)N[C@@H](C1CCCCC1)C(=O)N1C[C@@H](C[C@H]1C(=O)OC)O2. The van der Waals surface area contributed by atoms with E-state index >= 15 is 0 Å². The number of rotatable bonds is 5. The summed E-state index contributed by atoms with van der Waals surface area (Å²) in [4.78, 5) is 49.4. The maximum Gasteiger partial charge on any atom is 0.328 e. The summed E-state index contributed by atoms with van der Waals surface area (Å²) in [6.45, 7) is 3.85. The molecule has 1 aromatic heterocycles. The molecule has 254 valence electrons. The summed E-state index contributed by atoms with van der Waals surface area (Å²) in [6.07, 6.45) is 9.87. The number of benzene rings is 1. The minimum Gasteiger partial charge on any atom is -0.496 e. The topological polar surface area (TPSA) is 129 Å². The van der Waals surface area contributed by atoms with Crippen molar-refractivity contribution in [3.63, 3.8) is 0 Å². The zero-order chi connectivity index (χ0) is 32.9. The minimum atomic E-state index is -0.850. The van der Waals surface area contributed by atoms with Gasteiger partial charge in [0.2, 0.25) is 11.8 Å². The highest BCUT2D eigenvalue weighted by Gasteiger charge is 2.46. The number of ether oxygens (including phenoxy) is 5. The van der Waals surface area contributed by atoms with Crippen molar-refractivity contribution in [1.29, 1.82) is 0 Å². The molecule has 6 bridgehead atoms. The fourth-order valence-corrected chi connectivity index (χ4v) is 7.39. The molecule has 3 fully saturated rings. The molecule has 1 N–H and O–H groups in total. The number of esters is 1. The van der Waals surface area contributed by atoms with Crippen LogP contribution in [-0.4, -0.2) is 104 Å². The van der Waals surface area contributed by atoms with Crippen molar-refractivity contribution in [2.75, 3.05) is 47.1 Å². The molecule has 0 radical (unpaired) electrons. The zero-order valence-electron chi connectivity index (χ0n) is 27.6. The highest BCUT2D eigenvalue weighted by Crippen LogP contribution is 2.37. The fourth-order valence-electron chi connectivity index (χ4n) is 7.39. The molecule has 1 aliphatic carbocycles. The molecule has 2 saturated heterocycles. The van der Waals surface area contributed by atoms with Gasteiger partial charge in [-0.1, -0.05) is 31.4 Å². The number of piperidine rings is 1. The van der Waals surface area contributed by atoms with E-state index in [0.29, 0.717) is 49.2 Å². The van der Waals surface area contributed by atoms with E-state index in [1.165, 1.54) is 7.11 Å². The lowest BCUT2D eigenvalue weighted by atomic mass is 9.83. The molecule has 1 saturated carbocycles. The number of carbonyl (C=O) groups excluding carboxylic acids is 3. The predicted molar refractivity (Wildman–Crippen MR) is 174 cm³/mol. The van der Waals surface area contributed by atoms with Gasteiger partial charge in [-0.2, -0.15) is 0 Å². The van der Waals surface area contributed by atoms with Gasteiger partial charge < -0.3 is 38.8 Å². The van der Waals surface area contributed by atoms with Gasteiger partial charge in [0.1, 0.15) is 29.7 Å². The number of carbonyl (C=O) groups is 3. The molecule has 12 heteroatoms. The Morgan fingerprint density at radius 3 is 2.64 bits per heavy atom. The van der Waals surface area contributed by atoms with Crippen LogP contribution in [0.2, 0.25) is 0 Å². The second-order valence-electron chi connectivity index (χ2n) is 12.8. The number of amides is 3. The van der Waals surface area contributed by atoms with Gasteiger partial charge >= 0.3 is 12.0 Å². The van der Waals surface area contributed by atoms with Crippen molar-refractivity contribution in [1.82, 2.24) is 20.1 Å². The predicted octanol–water partition coefficient (Wildman–Crippen LogP) is 4.33. The van der Waals surface area contributed by atoms with Crippen LogP contribution in [0.4, 0.5) is 4.79 Å². The minimum absolute atomic E-state index is 0.0270. The third-order valence-corrected chi connectivity index (χ3v) is 9.76. The van der Waals surface area contributed by atoms with Gasteiger partial charge in [-0.25, -0.2) is 14.6 Å². The number of fused-ring (bicyclic) bond motifs is 5. The van der Waals surface area contributed by atoms with Crippen LogP contribution in [0, 0.1) is 5.92 Å². The Bertz CT molecular complexity index is 1490. The summed E-state index contributed by atoms with van der Waals surface area (Å²) in [5.74, 6) is 0.726. The molecular formula is C35H46N4O8. The molecule has 4 aliphatic rings. The van der Waals surface area contributed by atoms with Crippen molar-refractivity contribution >= 4 is 34.9 Å². The molecule has 4 atom stereocenters. The maximum absolute atomic E-state index is 14.5. The first kappa shape index (κ1) is 32.9. The van der Waals surface area contributed by atoms with Gasteiger partial charge in [0.25, 0.3) is 0 Å². The number of methoxy groups -OCH3 is 2. The second-order valence-corrected chi connectivity index (χ2v) is 12.8. The largest absolute Gasteiger partial charge is 0.496 e. The molecule has 0 spiro atoms. The van der Waals surface area contributed by atoms with E-state index in [1.54, 1.807) is 23.0 Å². The average Bonchev–Trinajstić information content (AvgIpc) is 3.52. The summed E-state index contributed by atoms with van der Waals surface area (Å²) >= 11 is 0.